The highest BCUT2D eigenvalue weighted by Gasteiger charge is 2.33. The minimum Gasteiger partial charge on any atom is -0.484 e. The quantitative estimate of drug-likeness (QED) is 0.702. The molecule has 29 heavy (non-hydrogen) atoms. The third kappa shape index (κ3) is 7.22. The largest absolute Gasteiger partial charge is 0.484 e. The Morgan fingerprint density at radius 1 is 1.17 bits per heavy atom. The minimum atomic E-state index is -4.44. The van der Waals surface area contributed by atoms with Crippen LogP contribution in [0.2, 0.25) is 0 Å². The van der Waals surface area contributed by atoms with Gasteiger partial charge in [0.25, 0.3) is 5.91 Å². The number of ether oxygens (including phenoxy) is 1. The molecule has 158 valence electrons. The summed E-state index contributed by atoms with van der Waals surface area (Å²) in [6.45, 7) is 1.82. The fraction of sp³-hybridized carbons (Fsp3) is 0.368. The lowest BCUT2D eigenvalue weighted by Gasteiger charge is -2.15. The van der Waals surface area contributed by atoms with Gasteiger partial charge in [-0.25, -0.2) is 0 Å². The number of carbonyl (C=O) groups is 1. The summed E-state index contributed by atoms with van der Waals surface area (Å²) in [5, 5.41) is 8.89. The molecule has 6 nitrogen and oxygen atoms in total. The van der Waals surface area contributed by atoms with Gasteiger partial charge in [-0.15, -0.1) is 0 Å². The van der Waals surface area contributed by atoms with E-state index >= 15 is 0 Å². The number of aliphatic hydroxyl groups excluding tert-OH is 1. The van der Waals surface area contributed by atoms with Crippen LogP contribution >= 0.6 is 12.0 Å². The standard InChI is InChI=1S/C13H17NO3.C6H4F3NOS/c15-9-11-3-5-12(6-4-11)17-10-13(16)14-7-1-2-8-14;7-6(8,9)4-1-2-10-3-5(4)12-11/h3-6,15H,1-2,7-10H2;1-3,11H. The van der Waals surface area contributed by atoms with Crippen LogP contribution in [0, 0.1) is 0 Å². The lowest BCUT2D eigenvalue weighted by molar-refractivity contribution is -0.139. The third-order valence-electron chi connectivity index (χ3n) is 4.12. The van der Waals surface area contributed by atoms with Crippen molar-refractivity contribution < 1.29 is 32.4 Å². The van der Waals surface area contributed by atoms with Crippen LogP contribution in [0.5, 0.6) is 5.75 Å². The molecule has 1 fully saturated rings. The molecule has 1 aliphatic heterocycles. The molecule has 1 aromatic heterocycles. The topological polar surface area (TPSA) is 82.9 Å². The Labute approximate surface area is 170 Å². The molecule has 1 saturated heterocycles. The van der Waals surface area contributed by atoms with Gasteiger partial charge in [-0.05, 0) is 36.6 Å². The van der Waals surface area contributed by atoms with Gasteiger partial charge >= 0.3 is 6.18 Å². The number of pyridine rings is 1. The van der Waals surface area contributed by atoms with Crippen molar-refractivity contribution in [2.75, 3.05) is 19.7 Å². The smallest absolute Gasteiger partial charge is 0.417 e. The van der Waals surface area contributed by atoms with Crippen molar-refractivity contribution in [2.24, 2.45) is 0 Å². The third-order valence-corrected chi connectivity index (χ3v) is 4.64. The molecule has 0 bridgehead atoms. The van der Waals surface area contributed by atoms with Gasteiger partial charge in [-0.3, -0.25) is 9.78 Å². The molecule has 0 radical (unpaired) electrons. The summed E-state index contributed by atoms with van der Waals surface area (Å²) in [6, 6.07) is 7.93. The van der Waals surface area contributed by atoms with Crippen LogP contribution in [0.3, 0.4) is 0 Å². The van der Waals surface area contributed by atoms with Crippen LogP contribution in [-0.2, 0) is 17.6 Å². The number of rotatable bonds is 5. The van der Waals surface area contributed by atoms with Gasteiger partial charge in [0.2, 0.25) is 0 Å². The Hall–Kier alpha value is -2.30. The number of halogens is 3. The number of aromatic nitrogens is 1. The molecule has 2 aromatic rings. The Bertz CT molecular complexity index is 782. The Morgan fingerprint density at radius 3 is 2.34 bits per heavy atom. The number of carbonyl (C=O) groups excluding carboxylic acids is 1. The number of hydrogen-bond acceptors (Lipinski definition) is 6. The number of aliphatic hydroxyl groups is 1. The molecule has 2 heterocycles. The number of nitrogens with zero attached hydrogens (tertiary/aromatic N) is 2. The summed E-state index contributed by atoms with van der Waals surface area (Å²) in [7, 11) is 0. The number of likely N-dealkylation sites (tertiary alicyclic amines) is 1. The van der Waals surface area contributed by atoms with E-state index in [9.17, 15) is 18.0 Å². The van der Waals surface area contributed by atoms with E-state index in [4.69, 9.17) is 14.4 Å². The maximum atomic E-state index is 12.1. The second-order valence-electron chi connectivity index (χ2n) is 6.14. The van der Waals surface area contributed by atoms with Gasteiger partial charge < -0.3 is 19.3 Å². The zero-order valence-corrected chi connectivity index (χ0v) is 16.2. The molecule has 1 aliphatic rings. The lowest BCUT2D eigenvalue weighted by atomic mass is 10.2. The summed E-state index contributed by atoms with van der Waals surface area (Å²) in [5.74, 6) is 0.712. The van der Waals surface area contributed by atoms with Crippen molar-refractivity contribution >= 4 is 17.9 Å². The first-order valence-corrected chi connectivity index (χ1v) is 9.55. The lowest BCUT2D eigenvalue weighted by Crippen LogP contribution is -2.32. The maximum absolute atomic E-state index is 12.1. The SMILES string of the molecule is O=C(COc1ccc(CO)cc1)N1CCCC1.OSc1cnccc1C(F)(F)F. The van der Waals surface area contributed by atoms with Crippen LogP contribution < -0.4 is 4.74 Å². The number of benzene rings is 1. The molecule has 10 heteroatoms. The first kappa shape index (κ1) is 23.0. The summed E-state index contributed by atoms with van der Waals surface area (Å²) < 4.78 is 50.1. The maximum Gasteiger partial charge on any atom is 0.417 e. The monoisotopic (exact) mass is 430 g/mol. The summed E-state index contributed by atoms with van der Waals surface area (Å²) in [6.07, 6.45) is -0.252. The first-order valence-electron chi connectivity index (χ1n) is 8.78. The average molecular weight is 430 g/mol. The molecule has 2 N–H and O–H groups in total. The van der Waals surface area contributed by atoms with E-state index < -0.39 is 11.7 Å². The molecular weight excluding hydrogens is 409 g/mol. The molecule has 3 rings (SSSR count). The van der Waals surface area contributed by atoms with Crippen LogP contribution in [0.15, 0.2) is 47.6 Å². The number of amides is 1. The Kier molecular flexibility index (Phi) is 8.74. The highest BCUT2D eigenvalue weighted by molar-refractivity contribution is 7.93. The van der Waals surface area contributed by atoms with E-state index in [0.717, 1.165) is 50.0 Å². The summed E-state index contributed by atoms with van der Waals surface area (Å²) >= 11 is 0.0398. The van der Waals surface area contributed by atoms with Gasteiger partial charge in [-0.1, -0.05) is 12.1 Å². The predicted molar refractivity (Wildman–Crippen MR) is 101 cm³/mol. The van der Waals surface area contributed by atoms with E-state index in [1.165, 1.54) is 0 Å². The van der Waals surface area contributed by atoms with Crippen molar-refractivity contribution in [3.05, 3.63) is 53.9 Å². The molecule has 1 amide bonds. The highest BCUT2D eigenvalue weighted by Crippen LogP contribution is 2.34. The summed E-state index contributed by atoms with van der Waals surface area (Å²) in [4.78, 5) is 16.7. The van der Waals surface area contributed by atoms with Gasteiger partial charge in [0.1, 0.15) is 5.75 Å². The van der Waals surface area contributed by atoms with Crippen molar-refractivity contribution in [3.63, 3.8) is 0 Å². The predicted octanol–water partition coefficient (Wildman–Crippen LogP) is 3.85. The average Bonchev–Trinajstić information content (AvgIpc) is 3.27. The van der Waals surface area contributed by atoms with Crippen molar-refractivity contribution in [1.29, 1.82) is 0 Å². The number of hydrogen-bond donors (Lipinski definition) is 2. The van der Waals surface area contributed by atoms with Crippen LogP contribution in [-0.4, -0.2) is 45.1 Å². The zero-order valence-electron chi connectivity index (χ0n) is 15.4. The second-order valence-corrected chi connectivity index (χ2v) is 6.76. The molecular formula is C19H21F3N2O4S. The highest BCUT2D eigenvalue weighted by atomic mass is 32.2. The Balaban J connectivity index is 0.000000221. The molecule has 0 saturated carbocycles. The van der Waals surface area contributed by atoms with Crippen molar-refractivity contribution in [2.45, 2.75) is 30.5 Å². The van der Waals surface area contributed by atoms with Crippen molar-refractivity contribution in [1.82, 2.24) is 9.88 Å². The Morgan fingerprint density at radius 2 is 1.83 bits per heavy atom. The van der Waals surface area contributed by atoms with Crippen molar-refractivity contribution in [3.8, 4) is 5.75 Å². The van der Waals surface area contributed by atoms with E-state index in [0.29, 0.717) is 5.75 Å². The van der Waals surface area contributed by atoms with Crippen LogP contribution in [0.25, 0.3) is 0 Å². The fourth-order valence-corrected chi connectivity index (χ4v) is 2.97. The van der Waals surface area contributed by atoms with Gasteiger partial charge in [0.05, 0.1) is 17.1 Å². The van der Waals surface area contributed by atoms with Gasteiger partial charge in [0, 0.05) is 37.5 Å². The molecule has 1 aromatic carbocycles. The fourth-order valence-electron chi connectivity index (χ4n) is 2.58. The molecule has 0 atom stereocenters. The molecule has 0 spiro atoms. The number of alkyl halides is 3. The van der Waals surface area contributed by atoms with Crippen LogP contribution in [0.1, 0.15) is 24.0 Å². The van der Waals surface area contributed by atoms with E-state index in [1.54, 1.807) is 24.3 Å². The van der Waals surface area contributed by atoms with E-state index in [1.807, 2.05) is 4.90 Å². The molecule has 0 aliphatic carbocycles. The molecule has 0 unspecified atom stereocenters. The van der Waals surface area contributed by atoms with E-state index in [2.05, 4.69) is 4.98 Å². The van der Waals surface area contributed by atoms with Crippen LogP contribution in [0.4, 0.5) is 13.2 Å². The van der Waals surface area contributed by atoms with E-state index in [-0.39, 0.29) is 36.1 Å². The van der Waals surface area contributed by atoms with Gasteiger partial charge in [-0.2, -0.15) is 13.2 Å². The minimum absolute atomic E-state index is 0.0208. The first-order chi connectivity index (χ1) is 13.8. The summed E-state index contributed by atoms with van der Waals surface area (Å²) in [5.41, 5.74) is -0.0341. The normalized spacial score (nSPS) is 13.6. The second kappa shape index (κ2) is 11.0. The van der Waals surface area contributed by atoms with Gasteiger partial charge in [0.15, 0.2) is 6.61 Å². The zero-order chi connectivity index (χ0) is 21.3.